The van der Waals surface area contributed by atoms with Crippen molar-refractivity contribution in [3.05, 3.63) is 0 Å². The van der Waals surface area contributed by atoms with Crippen LogP contribution in [0.25, 0.3) is 0 Å². The summed E-state index contributed by atoms with van der Waals surface area (Å²) in [7, 11) is 0. The largest absolute Gasteiger partial charge is 0.388 e. The Labute approximate surface area is 201 Å². The van der Waals surface area contributed by atoms with E-state index < -0.39 is 5.60 Å². The van der Waals surface area contributed by atoms with Crippen molar-refractivity contribution in [2.75, 3.05) is 0 Å². The molecule has 0 radical (unpaired) electrons. The number of aliphatic hydroxyl groups is 1. The highest BCUT2D eigenvalue weighted by atomic mass is 16.5. The minimum Gasteiger partial charge on any atom is -0.388 e. The van der Waals surface area contributed by atoms with Gasteiger partial charge >= 0.3 is 0 Å². The van der Waals surface area contributed by atoms with Crippen LogP contribution in [-0.4, -0.2) is 28.7 Å². The van der Waals surface area contributed by atoms with Crippen LogP contribution in [0.15, 0.2) is 0 Å². The minimum absolute atomic E-state index is 0.0515. The fourth-order valence-electron chi connectivity index (χ4n) is 11.8. The van der Waals surface area contributed by atoms with Crippen molar-refractivity contribution in [2.24, 2.45) is 50.7 Å². The van der Waals surface area contributed by atoms with Crippen molar-refractivity contribution in [1.29, 1.82) is 0 Å². The maximum Gasteiger partial charge on any atom is 0.138 e. The molecule has 1 aliphatic heterocycles. The molecule has 5 aliphatic carbocycles. The molecule has 1 heterocycles. The van der Waals surface area contributed by atoms with Crippen molar-refractivity contribution in [2.45, 2.75) is 130 Å². The summed E-state index contributed by atoms with van der Waals surface area (Å²) in [4.78, 5) is 12.9. The van der Waals surface area contributed by atoms with Crippen LogP contribution in [0.4, 0.5) is 0 Å². The van der Waals surface area contributed by atoms with Crippen molar-refractivity contribution in [3.63, 3.8) is 0 Å². The van der Waals surface area contributed by atoms with Crippen LogP contribution in [0.3, 0.4) is 0 Å². The van der Waals surface area contributed by atoms with Crippen LogP contribution in [0.5, 0.6) is 0 Å². The zero-order chi connectivity index (χ0) is 23.8. The van der Waals surface area contributed by atoms with Crippen LogP contribution in [0.1, 0.15) is 113 Å². The van der Waals surface area contributed by atoms with E-state index in [1.165, 1.54) is 44.9 Å². The lowest BCUT2D eigenvalue weighted by Gasteiger charge is -2.62. The first kappa shape index (κ1) is 23.0. The van der Waals surface area contributed by atoms with Gasteiger partial charge in [-0.1, -0.05) is 34.6 Å². The lowest BCUT2D eigenvalue weighted by molar-refractivity contribution is -0.157. The van der Waals surface area contributed by atoms with Gasteiger partial charge in [-0.3, -0.25) is 4.79 Å². The Bertz CT molecular complexity index is 870. The molecule has 1 saturated heterocycles. The van der Waals surface area contributed by atoms with Gasteiger partial charge in [-0.2, -0.15) is 0 Å². The first-order valence-corrected chi connectivity index (χ1v) is 14.1. The summed E-state index contributed by atoms with van der Waals surface area (Å²) in [6.07, 6.45) is 12.1. The number of ether oxygens (including phenoxy) is 1. The van der Waals surface area contributed by atoms with Gasteiger partial charge in [0.05, 0.1) is 17.8 Å². The van der Waals surface area contributed by atoms with Crippen LogP contribution >= 0.6 is 0 Å². The molecule has 0 unspecified atom stereocenters. The first-order chi connectivity index (χ1) is 15.2. The quantitative estimate of drug-likeness (QED) is 0.486. The first-order valence-electron chi connectivity index (χ1n) is 14.1. The van der Waals surface area contributed by atoms with E-state index in [2.05, 4.69) is 34.6 Å². The molecule has 3 nitrogen and oxygen atoms in total. The predicted octanol–water partition coefficient (Wildman–Crippen LogP) is 6.56. The van der Waals surface area contributed by atoms with E-state index in [1.54, 1.807) is 0 Å². The molecule has 2 spiro atoms. The molecule has 0 aromatic heterocycles. The third-order valence-corrected chi connectivity index (χ3v) is 13.5. The number of rotatable bonds is 1. The van der Waals surface area contributed by atoms with E-state index in [0.29, 0.717) is 45.2 Å². The van der Waals surface area contributed by atoms with E-state index in [0.717, 1.165) is 25.2 Å². The molecule has 10 atom stereocenters. The van der Waals surface area contributed by atoms with Crippen molar-refractivity contribution in [1.82, 2.24) is 0 Å². The van der Waals surface area contributed by atoms with Gasteiger partial charge in [-0.05, 0) is 117 Å². The predicted molar refractivity (Wildman–Crippen MR) is 131 cm³/mol. The third kappa shape index (κ3) is 2.58. The Kier molecular flexibility index (Phi) is 4.51. The summed E-state index contributed by atoms with van der Waals surface area (Å²) in [5, 5.41) is 10.8. The second-order valence-corrected chi connectivity index (χ2v) is 15.3. The van der Waals surface area contributed by atoms with Gasteiger partial charge in [0.2, 0.25) is 0 Å². The molecule has 3 heteroatoms. The SMILES string of the molecule is C[C@@H]1CC[C@@H](C(C)(C)O)O[C@@H]2C[C@]3(C)[C@@H]4CC[C@@H]5C(C)(C)C(=O)CC[C@@]56C[C@@]46CC[C@]3(C)[C@H]12. The van der Waals surface area contributed by atoms with Gasteiger partial charge in [-0.25, -0.2) is 0 Å². The molecule has 6 fully saturated rings. The molecule has 186 valence electrons. The normalized spacial score (nSPS) is 57.2. The zero-order valence-corrected chi connectivity index (χ0v) is 22.3. The second kappa shape index (κ2) is 6.47. The van der Waals surface area contributed by atoms with E-state index in [4.69, 9.17) is 4.74 Å². The van der Waals surface area contributed by atoms with Crippen molar-refractivity contribution in [3.8, 4) is 0 Å². The van der Waals surface area contributed by atoms with Gasteiger partial charge in [0.1, 0.15) is 5.78 Å². The fraction of sp³-hybridized carbons (Fsp3) is 0.967. The molecule has 0 bridgehead atoms. The minimum atomic E-state index is -0.774. The van der Waals surface area contributed by atoms with E-state index in [1.807, 2.05) is 13.8 Å². The average Bonchev–Trinajstić information content (AvgIpc) is 3.35. The Morgan fingerprint density at radius 2 is 1.58 bits per heavy atom. The van der Waals surface area contributed by atoms with Crippen LogP contribution in [-0.2, 0) is 9.53 Å². The standard InChI is InChI=1S/C30H48O3/c1-18-8-11-23(26(4,5)32)33-19-16-28(7)21-10-9-20-25(2,3)22(31)12-13-29(20)17-30(21,29)15-14-27(28,6)24(18)19/h18-21,23-24,32H,8-17H2,1-7H3/t18-,19-,20-,21+,23+,24-,27-,28-,29-,30+/m1/s1. The molecular weight excluding hydrogens is 408 g/mol. The summed E-state index contributed by atoms with van der Waals surface area (Å²) in [6.45, 7) is 16.1. The van der Waals surface area contributed by atoms with Crippen LogP contribution in [0, 0.1) is 50.7 Å². The number of hydrogen-bond donors (Lipinski definition) is 1. The lowest BCUT2D eigenvalue weighted by Crippen LogP contribution is -2.57. The van der Waals surface area contributed by atoms with E-state index in [-0.39, 0.29) is 17.6 Å². The number of ketones is 1. The topological polar surface area (TPSA) is 46.5 Å². The van der Waals surface area contributed by atoms with Gasteiger partial charge in [0.25, 0.3) is 0 Å². The number of fused-ring (bicyclic) bond motifs is 4. The summed E-state index contributed by atoms with van der Waals surface area (Å²) >= 11 is 0. The number of hydrogen-bond acceptors (Lipinski definition) is 3. The Hall–Kier alpha value is -0.410. The molecular formula is C30H48O3. The Morgan fingerprint density at radius 3 is 2.27 bits per heavy atom. The highest BCUT2D eigenvalue weighted by molar-refractivity contribution is 5.86. The van der Waals surface area contributed by atoms with Gasteiger partial charge in [-0.15, -0.1) is 0 Å². The van der Waals surface area contributed by atoms with Gasteiger partial charge < -0.3 is 9.84 Å². The van der Waals surface area contributed by atoms with Gasteiger partial charge in [0.15, 0.2) is 0 Å². The molecule has 0 aromatic rings. The Morgan fingerprint density at radius 1 is 0.909 bits per heavy atom. The molecule has 1 N–H and O–H groups in total. The third-order valence-electron chi connectivity index (χ3n) is 13.5. The summed E-state index contributed by atoms with van der Waals surface area (Å²) < 4.78 is 6.88. The Balaban J connectivity index is 1.37. The molecule has 5 saturated carbocycles. The molecule has 6 rings (SSSR count). The summed E-state index contributed by atoms with van der Waals surface area (Å²) in [6, 6.07) is 0. The highest BCUT2D eigenvalue weighted by Gasteiger charge is 2.83. The van der Waals surface area contributed by atoms with Gasteiger partial charge in [0, 0.05) is 11.8 Å². The smallest absolute Gasteiger partial charge is 0.138 e. The monoisotopic (exact) mass is 456 g/mol. The average molecular weight is 457 g/mol. The second-order valence-electron chi connectivity index (χ2n) is 15.3. The maximum absolute atomic E-state index is 12.9. The number of carbonyl (C=O) groups excluding carboxylic acids is 1. The lowest BCUT2D eigenvalue weighted by atomic mass is 9.42. The van der Waals surface area contributed by atoms with Crippen molar-refractivity contribution >= 4 is 5.78 Å². The maximum atomic E-state index is 12.9. The molecule has 33 heavy (non-hydrogen) atoms. The van der Waals surface area contributed by atoms with Crippen molar-refractivity contribution < 1.29 is 14.6 Å². The fourth-order valence-corrected chi connectivity index (χ4v) is 11.8. The van der Waals surface area contributed by atoms with Crippen LogP contribution < -0.4 is 0 Å². The van der Waals surface area contributed by atoms with E-state index in [9.17, 15) is 9.90 Å². The number of Topliss-reactive ketones (excluding diaryl/α,β-unsaturated/α-hetero) is 1. The number of carbonyl (C=O) groups is 1. The molecule has 0 amide bonds. The zero-order valence-electron chi connectivity index (χ0n) is 22.3. The summed E-state index contributed by atoms with van der Waals surface area (Å²) in [5.41, 5.74) is 0.626. The molecule has 6 aliphatic rings. The van der Waals surface area contributed by atoms with Crippen LogP contribution in [0.2, 0.25) is 0 Å². The summed E-state index contributed by atoms with van der Waals surface area (Å²) in [5.74, 6) is 3.14. The van der Waals surface area contributed by atoms with E-state index >= 15 is 0 Å². The highest BCUT2D eigenvalue weighted by Crippen LogP contribution is 2.89. The molecule has 0 aromatic carbocycles.